The lowest BCUT2D eigenvalue weighted by molar-refractivity contribution is 0.248. The highest BCUT2D eigenvalue weighted by Crippen LogP contribution is 2.37. The van der Waals surface area contributed by atoms with Crippen LogP contribution in [0.1, 0.15) is 49.4 Å². The van der Waals surface area contributed by atoms with Crippen molar-refractivity contribution in [3.63, 3.8) is 0 Å². The van der Waals surface area contributed by atoms with E-state index in [0.29, 0.717) is 30.1 Å². The molecule has 1 saturated carbocycles. The van der Waals surface area contributed by atoms with Crippen molar-refractivity contribution in [2.75, 3.05) is 0 Å². The second-order valence-corrected chi connectivity index (χ2v) is 7.70. The van der Waals surface area contributed by atoms with Gasteiger partial charge in [0.05, 0.1) is 22.1 Å². The number of rotatable bonds is 4. The molecule has 126 valence electrons. The molecule has 2 aromatic rings. The molecule has 0 radical (unpaired) electrons. The largest absolute Gasteiger partial charge is 0.340 e. The van der Waals surface area contributed by atoms with E-state index >= 15 is 0 Å². The van der Waals surface area contributed by atoms with E-state index in [1.165, 1.54) is 24.3 Å². The van der Waals surface area contributed by atoms with E-state index in [9.17, 15) is 8.42 Å². The number of hydrogen-bond acceptors (Lipinski definition) is 6. The summed E-state index contributed by atoms with van der Waals surface area (Å²) in [6.07, 6.45) is 4.09. The molecule has 3 rings (SSSR count). The van der Waals surface area contributed by atoms with Crippen LogP contribution in [0.5, 0.6) is 0 Å². The van der Waals surface area contributed by atoms with Gasteiger partial charge in [-0.1, -0.05) is 24.4 Å². The summed E-state index contributed by atoms with van der Waals surface area (Å²) in [6, 6.07) is 7.81. The molecule has 1 fully saturated rings. The quantitative estimate of drug-likeness (QED) is 0.910. The maximum atomic E-state index is 12.8. The summed E-state index contributed by atoms with van der Waals surface area (Å²) in [5.41, 5.74) is -0.432. The summed E-state index contributed by atoms with van der Waals surface area (Å²) < 4.78 is 33.5. The van der Waals surface area contributed by atoms with E-state index in [1.54, 1.807) is 6.92 Å². The van der Waals surface area contributed by atoms with Crippen LogP contribution in [-0.2, 0) is 15.6 Å². The molecule has 1 aliphatic carbocycles. The lowest BCUT2D eigenvalue weighted by Gasteiger charge is -2.34. The summed E-state index contributed by atoms with van der Waals surface area (Å²) in [6.45, 7) is 1.68. The summed E-state index contributed by atoms with van der Waals surface area (Å²) >= 11 is 0. The average Bonchev–Trinajstić information content (AvgIpc) is 3.02. The van der Waals surface area contributed by atoms with E-state index in [1.807, 2.05) is 6.07 Å². The molecule has 0 unspecified atom stereocenters. The summed E-state index contributed by atoms with van der Waals surface area (Å²) in [5.74, 6) is 0.796. The molecular formula is C16H18N4O3S. The van der Waals surface area contributed by atoms with Crippen LogP contribution in [0.4, 0.5) is 0 Å². The van der Waals surface area contributed by atoms with Gasteiger partial charge in [0.2, 0.25) is 15.9 Å². The Bertz CT molecular complexity index is 859. The van der Waals surface area contributed by atoms with Crippen molar-refractivity contribution < 1.29 is 12.9 Å². The van der Waals surface area contributed by atoms with Crippen molar-refractivity contribution in [1.29, 1.82) is 5.26 Å². The van der Waals surface area contributed by atoms with Gasteiger partial charge in [0.25, 0.3) is 0 Å². The number of aryl methyl sites for hydroxylation is 1. The Balaban J connectivity index is 1.95. The number of hydrogen-bond donors (Lipinski definition) is 1. The van der Waals surface area contributed by atoms with Gasteiger partial charge in [-0.15, -0.1) is 0 Å². The molecule has 7 nitrogen and oxygen atoms in total. The first kappa shape index (κ1) is 16.6. The van der Waals surface area contributed by atoms with Gasteiger partial charge in [-0.25, -0.2) is 8.42 Å². The predicted octanol–water partition coefficient (Wildman–Crippen LogP) is 2.39. The minimum atomic E-state index is -3.76. The fourth-order valence-electron chi connectivity index (χ4n) is 3.05. The molecule has 0 atom stereocenters. The highest BCUT2D eigenvalue weighted by molar-refractivity contribution is 7.89. The second kappa shape index (κ2) is 6.34. The smallest absolute Gasteiger partial charge is 0.241 e. The first-order chi connectivity index (χ1) is 11.5. The molecule has 8 heteroatoms. The molecule has 1 aromatic heterocycles. The third kappa shape index (κ3) is 3.18. The molecule has 0 spiro atoms. The standard InChI is InChI=1S/C16H18N4O3S/c1-12-18-15(19-23-12)16(9-3-2-4-10-16)20-24(21,22)14-7-5-13(11-17)6-8-14/h5-8,20H,2-4,9-10H2,1H3. The van der Waals surface area contributed by atoms with Crippen molar-refractivity contribution in [1.82, 2.24) is 14.9 Å². The second-order valence-electron chi connectivity index (χ2n) is 6.02. The minimum Gasteiger partial charge on any atom is -0.340 e. The van der Waals surface area contributed by atoms with Gasteiger partial charge in [-0.3, -0.25) is 0 Å². The molecule has 24 heavy (non-hydrogen) atoms. The van der Waals surface area contributed by atoms with Gasteiger partial charge >= 0.3 is 0 Å². The highest BCUT2D eigenvalue weighted by atomic mass is 32.2. The number of nitrogens with zero attached hydrogens (tertiary/aromatic N) is 3. The Morgan fingerprint density at radius 1 is 1.21 bits per heavy atom. The van der Waals surface area contributed by atoms with Crippen molar-refractivity contribution in [3.8, 4) is 6.07 Å². The molecule has 1 heterocycles. The Morgan fingerprint density at radius 3 is 2.42 bits per heavy atom. The lowest BCUT2D eigenvalue weighted by atomic mass is 9.82. The van der Waals surface area contributed by atoms with Crippen LogP contribution in [0.3, 0.4) is 0 Å². The van der Waals surface area contributed by atoms with Crippen LogP contribution >= 0.6 is 0 Å². The topological polar surface area (TPSA) is 109 Å². The average molecular weight is 346 g/mol. The maximum absolute atomic E-state index is 12.8. The van der Waals surface area contributed by atoms with Crippen molar-refractivity contribution in [2.24, 2.45) is 0 Å². The number of aromatic nitrogens is 2. The maximum Gasteiger partial charge on any atom is 0.241 e. The van der Waals surface area contributed by atoms with E-state index in [4.69, 9.17) is 9.78 Å². The molecule has 0 bridgehead atoms. The van der Waals surface area contributed by atoms with Gasteiger partial charge in [-0.05, 0) is 37.1 Å². The Kier molecular flexibility index (Phi) is 4.39. The monoisotopic (exact) mass is 346 g/mol. The summed E-state index contributed by atoms with van der Waals surface area (Å²) in [5, 5.41) is 12.8. The zero-order chi connectivity index (χ0) is 17.2. The lowest BCUT2D eigenvalue weighted by Crippen LogP contribution is -2.47. The molecule has 0 amide bonds. The molecule has 0 aliphatic heterocycles. The van der Waals surface area contributed by atoms with Crippen LogP contribution in [0, 0.1) is 18.3 Å². The molecule has 1 N–H and O–H groups in total. The van der Waals surface area contributed by atoms with Crippen molar-refractivity contribution in [2.45, 2.75) is 49.5 Å². The first-order valence-electron chi connectivity index (χ1n) is 7.80. The van der Waals surface area contributed by atoms with Gasteiger partial charge in [0.1, 0.15) is 0 Å². The van der Waals surface area contributed by atoms with Gasteiger partial charge in [0.15, 0.2) is 5.82 Å². The Hall–Kier alpha value is -2.24. The fourth-order valence-corrected chi connectivity index (χ4v) is 4.47. The molecule has 1 aromatic carbocycles. The van der Waals surface area contributed by atoms with E-state index in [0.717, 1.165) is 19.3 Å². The van der Waals surface area contributed by atoms with Crippen LogP contribution in [0.2, 0.25) is 0 Å². The van der Waals surface area contributed by atoms with E-state index in [-0.39, 0.29) is 4.90 Å². The number of nitrogens with one attached hydrogen (secondary N) is 1. The number of sulfonamides is 1. The third-order valence-corrected chi connectivity index (χ3v) is 5.84. The van der Waals surface area contributed by atoms with E-state index in [2.05, 4.69) is 14.9 Å². The SMILES string of the molecule is Cc1nc(C2(NS(=O)(=O)c3ccc(C#N)cc3)CCCCC2)no1. The number of nitriles is 1. The molecular weight excluding hydrogens is 328 g/mol. The van der Waals surface area contributed by atoms with Gasteiger partial charge < -0.3 is 4.52 Å². The van der Waals surface area contributed by atoms with Crippen LogP contribution in [-0.4, -0.2) is 18.6 Å². The first-order valence-corrected chi connectivity index (χ1v) is 9.28. The fraction of sp³-hybridized carbons (Fsp3) is 0.438. The molecule has 1 aliphatic rings. The van der Waals surface area contributed by atoms with Crippen LogP contribution in [0.15, 0.2) is 33.7 Å². The summed E-state index contributed by atoms with van der Waals surface area (Å²) in [7, 11) is -3.76. The van der Waals surface area contributed by atoms with E-state index < -0.39 is 15.6 Å². The third-order valence-electron chi connectivity index (χ3n) is 4.29. The Morgan fingerprint density at radius 2 is 1.88 bits per heavy atom. The summed E-state index contributed by atoms with van der Waals surface area (Å²) in [4.78, 5) is 4.38. The van der Waals surface area contributed by atoms with Crippen LogP contribution in [0.25, 0.3) is 0 Å². The zero-order valence-electron chi connectivity index (χ0n) is 13.3. The van der Waals surface area contributed by atoms with Crippen molar-refractivity contribution in [3.05, 3.63) is 41.5 Å². The number of benzene rings is 1. The minimum absolute atomic E-state index is 0.117. The normalized spacial score (nSPS) is 17.3. The Labute approximate surface area is 140 Å². The highest BCUT2D eigenvalue weighted by Gasteiger charge is 2.41. The van der Waals surface area contributed by atoms with Gasteiger partial charge in [-0.2, -0.15) is 15.0 Å². The zero-order valence-corrected chi connectivity index (χ0v) is 14.1. The van der Waals surface area contributed by atoms with Gasteiger partial charge in [0, 0.05) is 6.92 Å². The van der Waals surface area contributed by atoms with Crippen molar-refractivity contribution >= 4 is 10.0 Å². The van der Waals surface area contributed by atoms with Crippen LogP contribution < -0.4 is 4.72 Å². The molecule has 0 saturated heterocycles. The predicted molar refractivity (Wildman–Crippen MR) is 85.3 cm³/mol.